The highest BCUT2D eigenvalue weighted by atomic mass is 32.2. The number of amides is 1. The van der Waals surface area contributed by atoms with E-state index in [1.54, 1.807) is 4.90 Å². The average Bonchev–Trinajstić information content (AvgIpc) is 2.97. The molecule has 2 heterocycles. The van der Waals surface area contributed by atoms with Crippen molar-refractivity contribution in [1.29, 1.82) is 0 Å². The number of carbonyl (C=O) groups is 1. The maximum Gasteiger partial charge on any atom is 0.416 e. The van der Waals surface area contributed by atoms with Gasteiger partial charge in [-0.3, -0.25) is 4.79 Å². The van der Waals surface area contributed by atoms with Crippen LogP contribution in [-0.2, 0) is 26.6 Å². The summed E-state index contributed by atoms with van der Waals surface area (Å²) in [6, 6.07) is 4.33. The summed E-state index contributed by atoms with van der Waals surface area (Å²) in [6.07, 6.45) is -0.851. The zero-order valence-electron chi connectivity index (χ0n) is 16.4. The molecule has 2 aromatic rings. The van der Waals surface area contributed by atoms with Crippen molar-refractivity contribution in [3.05, 3.63) is 35.7 Å². The molecule has 1 fully saturated rings. The zero-order chi connectivity index (χ0) is 21.9. The van der Waals surface area contributed by atoms with Gasteiger partial charge in [-0.15, -0.1) is 0 Å². The summed E-state index contributed by atoms with van der Waals surface area (Å²) in [7, 11) is -3.94. The van der Waals surface area contributed by atoms with Crippen LogP contribution >= 0.6 is 0 Å². The molecule has 0 radical (unpaired) electrons. The van der Waals surface area contributed by atoms with Crippen LogP contribution in [-0.4, -0.2) is 47.7 Å². The second kappa shape index (κ2) is 8.75. The molecule has 1 unspecified atom stereocenters. The summed E-state index contributed by atoms with van der Waals surface area (Å²) in [4.78, 5) is 18.1. The Hall–Kier alpha value is -2.43. The van der Waals surface area contributed by atoms with Crippen LogP contribution in [0.15, 0.2) is 28.8 Å². The summed E-state index contributed by atoms with van der Waals surface area (Å²) < 4.78 is 68.9. The van der Waals surface area contributed by atoms with Crippen molar-refractivity contribution < 1.29 is 30.9 Å². The van der Waals surface area contributed by atoms with Gasteiger partial charge < -0.3 is 9.42 Å². The summed E-state index contributed by atoms with van der Waals surface area (Å²) >= 11 is 0. The molecule has 1 amide bonds. The fourth-order valence-electron chi connectivity index (χ4n) is 3.26. The van der Waals surface area contributed by atoms with Gasteiger partial charge in [0, 0.05) is 18.7 Å². The molecular weight excluding hydrogens is 423 g/mol. The monoisotopic (exact) mass is 445 g/mol. The van der Waals surface area contributed by atoms with Crippen LogP contribution in [0.5, 0.6) is 0 Å². The minimum absolute atomic E-state index is 0.0471. The summed E-state index contributed by atoms with van der Waals surface area (Å²) in [5, 5.41) is 2.31. The number of likely N-dealkylation sites (tertiary alicyclic amines) is 1. The van der Waals surface area contributed by atoms with Crippen molar-refractivity contribution in [2.45, 2.75) is 49.8 Å². The van der Waals surface area contributed by atoms with E-state index in [1.165, 1.54) is 19.1 Å². The van der Waals surface area contributed by atoms with Gasteiger partial charge in [-0.05, 0) is 31.9 Å². The molecule has 1 aromatic heterocycles. The molecular formula is C19H22F3N3O4S. The molecule has 3 rings (SSSR count). The Balaban J connectivity index is 1.73. The van der Waals surface area contributed by atoms with Crippen LogP contribution in [0.3, 0.4) is 0 Å². The van der Waals surface area contributed by atoms with Crippen molar-refractivity contribution >= 4 is 15.7 Å². The van der Waals surface area contributed by atoms with Crippen LogP contribution < -0.4 is 0 Å². The van der Waals surface area contributed by atoms with Gasteiger partial charge in [0.05, 0.1) is 5.56 Å². The van der Waals surface area contributed by atoms with Crippen LogP contribution in [0.4, 0.5) is 13.2 Å². The molecule has 0 aliphatic carbocycles. The number of hydrogen-bond acceptors (Lipinski definition) is 6. The predicted molar refractivity (Wildman–Crippen MR) is 102 cm³/mol. The smallest absolute Gasteiger partial charge is 0.342 e. The maximum atomic E-state index is 12.9. The summed E-state index contributed by atoms with van der Waals surface area (Å²) in [5.41, 5.74) is -0.832. The number of rotatable bonds is 5. The van der Waals surface area contributed by atoms with Crippen molar-refractivity contribution in [3.63, 3.8) is 0 Å². The first-order valence-electron chi connectivity index (χ1n) is 9.58. The van der Waals surface area contributed by atoms with Crippen LogP contribution in [0.1, 0.15) is 44.1 Å². The Bertz CT molecular complexity index is 996. The minimum Gasteiger partial charge on any atom is -0.342 e. The van der Waals surface area contributed by atoms with E-state index in [-0.39, 0.29) is 17.3 Å². The van der Waals surface area contributed by atoms with Crippen LogP contribution in [0.25, 0.3) is 11.4 Å². The van der Waals surface area contributed by atoms with Crippen molar-refractivity contribution in [2.75, 3.05) is 13.1 Å². The molecule has 1 aliphatic rings. The first-order valence-corrected chi connectivity index (χ1v) is 11.3. The third-order valence-corrected chi connectivity index (χ3v) is 6.97. The lowest BCUT2D eigenvalue weighted by Gasteiger charge is -2.23. The molecule has 30 heavy (non-hydrogen) atoms. The van der Waals surface area contributed by atoms with E-state index in [2.05, 4.69) is 10.1 Å². The number of carbonyl (C=O) groups excluding carboxylic acids is 1. The van der Waals surface area contributed by atoms with E-state index in [1.807, 2.05) is 0 Å². The van der Waals surface area contributed by atoms with Crippen LogP contribution in [0, 0.1) is 0 Å². The van der Waals surface area contributed by atoms with E-state index in [0.29, 0.717) is 13.1 Å². The Morgan fingerprint density at radius 1 is 1.20 bits per heavy atom. The number of benzene rings is 1. The molecule has 0 saturated carbocycles. The number of aromatic nitrogens is 2. The van der Waals surface area contributed by atoms with Crippen molar-refractivity contribution in [2.24, 2.45) is 0 Å². The summed E-state index contributed by atoms with van der Waals surface area (Å²) in [6.45, 7) is 2.38. The molecule has 0 bridgehead atoms. The van der Waals surface area contributed by atoms with Gasteiger partial charge in [0.2, 0.25) is 17.6 Å². The Labute approximate surface area is 172 Å². The number of alkyl halides is 3. The molecule has 11 heteroatoms. The molecule has 164 valence electrons. The topological polar surface area (TPSA) is 93.4 Å². The van der Waals surface area contributed by atoms with Gasteiger partial charge in [-0.2, -0.15) is 18.2 Å². The minimum atomic E-state index is -4.53. The van der Waals surface area contributed by atoms with Crippen LogP contribution in [0.2, 0.25) is 0 Å². The quantitative estimate of drug-likeness (QED) is 0.700. The molecule has 0 spiro atoms. The van der Waals surface area contributed by atoms with Gasteiger partial charge in [-0.25, -0.2) is 8.42 Å². The highest BCUT2D eigenvalue weighted by Gasteiger charge is 2.34. The first-order chi connectivity index (χ1) is 14.1. The maximum absolute atomic E-state index is 12.9. The molecule has 7 nitrogen and oxygen atoms in total. The zero-order valence-corrected chi connectivity index (χ0v) is 17.2. The molecule has 1 saturated heterocycles. The van der Waals surface area contributed by atoms with E-state index in [0.717, 1.165) is 37.8 Å². The lowest BCUT2D eigenvalue weighted by atomic mass is 10.1. The van der Waals surface area contributed by atoms with E-state index < -0.39 is 38.5 Å². The third kappa shape index (κ3) is 5.18. The first kappa shape index (κ1) is 22.3. The number of sulfone groups is 1. The number of halogens is 3. The second-order valence-corrected chi connectivity index (χ2v) is 9.60. The molecule has 1 aromatic carbocycles. The third-order valence-electron chi connectivity index (χ3n) is 5.05. The van der Waals surface area contributed by atoms with Gasteiger partial charge >= 0.3 is 6.18 Å². The molecule has 1 aliphatic heterocycles. The summed E-state index contributed by atoms with van der Waals surface area (Å²) in [5.74, 6) is -1.56. The van der Waals surface area contributed by atoms with Gasteiger partial charge in [0.15, 0.2) is 9.84 Å². The van der Waals surface area contributed by atoms with Gasteiger partial charge in [-0.1, -0.05) is 30.1 Å². The second-order valence-electron chi connectivity index (χ2n) is 7.28. The fourth-order valence-corrected chi connectivity index (χ4v) is 4.43. The largest absolute Gasteiger partial charge is 0.416 e. The van der Waals surface area contributed by atoms with Gasteiger partial charge in [0.1, 0.15) is 11.0 Å². The molecule has 1 atom stereocenters. The number of hydrogen-bond donors (Lipinski definition) is 0. The predicted octanol–water partition coefficient (Wildman–Crippen LogP) is 3.46. The van der Waals surface area contributed by atoms with E-state index >= 15 is 0 Å². The Morgan fingerprint density at radius 3 is 2.50 bits per heavy atom. The highest BCUT2D eigenvalue weighted by molar-refractivity contribution is 7.92. The average molecular weight is 445 g/mol. The standard InChI is InChI=1S/C19H22F3N3O4S/c1-13(18(26)25-9-4-2-3-5-10-25)30(27,28)12-16-23-17(24-29-16)14-7-6-8-15(11-14)19(20,21)22/h6-8,11,13H,2-5,9-10,12H2,1H3. The Morgan fingerprint density at radius 2 is 1.87 bits per heavy atom. The molecule has 0 N–H and O–H groups in total. The normalized spacial score (nSPS) is 16.9. The van der Waals surface area contributed by atoms with Crippen molar-refractivity contribution in [3.8, 4) is 11.4 Å². The number of nitrogens with zero attached hydrogens (tertiary/aromatic N) is 3. The highest BCUT2D eigenvalue weighted by Crippen LogP contribution is 2.31. The fraction of sp³-hybridized carbons (Fsp3) is 0.526. The van der Waals surface area contributed by atoms with Crippen molar-refractivity contribution in [1.82, 2.24) is 15.0 Å². The van der Waals surface area contributed by atoms with E-state index in [9.17, 15) is 26.4 Å². The lowest BCUT2D eigenvalue weighted by Crippen LogP contribution is -2.42. The van der Waals surface area contributed by atoms with E-state index in [4.69, 9.17) is 4.52 Å². The SMILES string of the molecule is CC(C(=O)N1CCCCCC1)S(=O)(=O)Cc1nc(-c2cccc(C(F)(F)F)c2)no1. The lowest BCUT2D eigenvalue weighted by molar-refractivity contribution is -0.137. The van der Waals surface area contributed by atoms with Gasteiger partial charge in [0.25, 0.3) is 0 Å². The Kier molecular flexibility index (Phi) is 6.49.